The second kappa shape index (κ2) is 4.63. The van der Waals surface area contributed by atoms with Crippen molar-refractivity contribution in [3.63, 3.8) is 0 Å². The molecular weight excluding hydrogens is 148 g/mol. The minimum atomic E-state index is 0.591. The summed E-state index contributed by atoms with van der Waals surface area (Å²) in [7, 11) is 0. The molecule has 0 bridgehead atoms. The van der Waals surface area contributed by atoms with E-state index in [9.17, 15) is 0 Å². The summed E-state index contributed by atoms with van der Waals surface area (Å²) < 4.78 is 0. The van der Waals surface area contributed by atoms with E-state index in [1.807, 2.05) is 0 Å². The SMILES string of the molecule is CCC(CN)N1CCC=C(C)C1. The minimum Gasteiger partial charge on any atom is -0.329 e. The summed E-state index contributed by atoms with van der Waals surface area (Å²) in [6.07, 6.45) is 4.70. The summed E-state index contributed by atoms with van der Waals surface area (Å²) in [5.41, 5.74) is 7.19. The quantitative estimate of drug-likeness (QED) is 0.645. The molecule has 0 amide bonds. The van der Waals surface area contributed by atoms with Gasteiger partial charge in [-0.1, -0.05) is 18.6 Å². The molecule has 0 saturated heterocycles. The van der Waals surface area contributed by atoms with Gasteiger partial charge in [0, 0.05) is 25.7 Å². The average Bonchev–Trinajstić information content (AvgIpc) is 2.07. The molecule has 12 heavy (non-hydrogen) atoms. The second-order valence-electron chi connectivity index (χ2n) is 3.61. The summed E-state index contributed by atoms with van der Waals surface area (Å²) in [6.45, 7) is 7.52. The summed E-state index contributed by atoms with van der Waals surface area (Å²) in [5.74, 6) is 0. The maximum absolute atomic E-state index is 5.70. The first-order valence-electron chi connectivity index (χ1n) is 4.87. The third kappa shape index (κ3) is 2.32. The highest BCUT2D eigenvalue weighted by molar-refractivity contribution is 5.05. The molecule has 2 N–H and O–H groups in total. The molecular formula is C10H20N2. The van der Waals surface area contributed by atoms with Gasteiger partial charge in [-0.25, -0.2) is 0 Å². The lowest BCUT2D eigenvalue weighted by atomic mass is 10.1. The first kappa shape index (κ1) is 9.75. The van der Waals surface area contributed by atoms with Crippen LogP contribution in [0, 0.1) is 0 Å². The lowest BCUT2D eigenvalue weighted by Crippen LogP contribution is -2.42. The van der Waals surface area contributed by atoms with Gasteiger partial charge >= 0.3 is 0 Å². The molecule has 1 unspecified atom stereocenters. The van der Waals surface area contributed by atoms with E-state index in [2.05, 4.69) is 24.8 Å². The number of rotatable bonds is 3. The molecule has 2 nitrogen and oxygen atoms in total. The molecule has 1 aliphatic heterocycles. The largest absolute Gasteiger partial charge is 0.329 e. The number of hydrogen-bond donors (Lipinski definition) is 1. The summed E-state index contributed by atoms with van der Waals surface area (Å²) in [6, 6.07) is 0.591. The van der Waals surface area contributed by atoms with Crippen molar-refractivity contribution >= 4 is 0 Å². The fraction of sp³-hybridized carbons (Fsp3) is 0.800. The summed E-state index contributed by atoms with van der Waals surface area (Å²) in [5, 5.41) is 0. The third-order valence-corrected chi connectivity index (χ3v) is 2.62. The van der Waals surface area contributed by atoms with Crippen molar-refractivity contribution in [2.45, 2.75) is 32.7 Å². The van der Waals surface area contributed by atoms with Gasteiger partial charge in [0.05, 0.1) is 0 Å². The topological polar surface area (TPSA) is 29.3 Å². The van der Waals surface area contributed by atoms with E-state index in [0.29, 0.717) is 6.04 Å². The highest BCUT2D eigenvalue weighted by atomic mass is 15.2. The zero-order valence-corrected chi connectivity index (χ0v) is 8.21. The van der Waals surface area contributed by atoms with Crippen LogP contribution in [0.2, 0.25) is 0 Å². The molecule has 1 heterocycles. The van der Waals surface area contributed by atoms with E-state index < -0.39 is 0 Å². The van der Waals surface area contributed by atoms with E-state index in [1.54, 1.807) is 0 Å². The van der Waals surface area contributed by atoms with Gasteiger partial charge in [0.2, 0.25) is 0 Å². The Kier molecular flexibility index (Phi) is 3.76. The smallest absolute Gasteiger partial charge is 0.0219 e. The van der Waals surface area contributed by atoms with E-state index in [0.717, 1.165) is 13.1 Å². The number of nitrogens with zero attached hydrogens (tertiary/aromatic N) is 1. The van der Waals surface area contributed by atoms with E-state index in [4.69, 9.17) is 5.73 Å². The predicted molar refractivity (Wildman–Crippen MR) is 53.1 cm³/mol. The molecule has 0 radical (unpaired) electrons. The van der Waals surface area contributed by atoms with Crippen LogP contribution in [0.1, 0.15) is 26.7 Å². The van der Waals surface area contributed by atoms with Crippen LogP contribution in [0.25, 0.3) is 0 Å². The predicted octanol–water partition coefficient (Wildman–Crippen LogP) is 1.38. The fourth-order valence-corrected chi connectivity index (χ4v) is 1.83. The van der Waals surface area contributed by atoms with Crippen LogP contribution >= 0.6 is 0 Å². The highest BCUT2D eigenvalue weighted by Crippen LogP contribution is 2.13. The van der Waals surface area contributed by atoms with Crippen LogP contribution in [-0.4, -0.2) is 30.6 Å². The molecule has 0 aromatic carbocycles. The molecule has 0 aliphatic carbocycles. The standard InChI is InChI=1S/C10H20N2/c1-3-10(7-11)12-6-4-5-9(2)8-12/h5,10H,3-4,6-8,11H2,1-2H3. The molecule has 0 aromatic rings. The van der Waals surface area contributed by atoms with Crippen LogP contribution in [0.4, 0.5) is 0 Å². The number of nitrogens with two attached hydrogens (primary N) is 1. The molecule has 1 aliphatic rings. The van der Waals surface area contributed by atoms with Crippen molar-refractivity contribution in [2.24, 2.45) is 5.73 Å². The Balaban J connectivity index is 2.47. The van der Waals surface area contributed by atoms with Gasteiger partial charge in [0.25, 0.3) is 0 Å². The van der Waals surface area contributed by atoms with Gasteiger partial charge in [0.1, 0.15) is 0 Å². The molecule has 0 spiro atoms. The van der Waals surface area contributed by atoms with Gasteiger partial charge in [-0.2, -0.15) is 0 Å². The normalized spacial score (nSPS) is 22.1. The van der Waals surface area contributed by atoms with Crippen molar-refractivity contribution in [1.82, 2.24) is 4.90 Å². The minimum absolute atomic E-state index is 0.591. The first-order valence-corrected chi connectivity index (χ1v) is 4.87. The van der Waals surface area contributed by atoms with Crippen LogP contribution < -0.4 is 5.73 Å². The lowest BCUT2D eigenvalue weighted by Gasteiger charge is -2.32. The van der Waals surface area contributed by atoms with Gasteiger partial charge in [0.15, 0.2) is 0 Å². The van der Waals surface area contributed by atoms with E-state index in [1.165, 1.54) is 25.0 Å². The van der Waals surface area contributed by atoms with E-state index >= 15 is 0 Å². The molecule has 2 heteroatoms. The Hall–Kier alpha value is -0.340. The van der Waals surface area contributed by atoms with Gasteiger partial charge in [-0.05, 0) is 19.8 Å². The Morgan fingerprint density at radius 1 is 1.67 bits per heavy atom. The van der Waals surface area contributed by atoms with Crippen LogP contribution in [0.5, 0.6) is 0 Å². The van der Waals surface area contributed by atoms with Crippen molar-refractivity contribution in [3.05, 3.63) is 11.6 Å². The molecule has 1 atom stereocenters. The molecule has 0 aromatic heterocycles. The lowest BCUT2D eigenvalue weighted by molar-refractivity contribution is 0.207. The number of hydrogen-bond acceptors (Lipinski definition) is 2. The van der Waals surface area contributed by atoms with Gasteiger partial charge in [-0.15, -0.1) is 0 Å². The first-order chi connectivity index (χ1) is 5.77. The third-order valence-electron chi connectivity index (χ3n) is 2.62. The Morgan fingerprint density at radius 3 is 2.92 bits per heavy atom. The van der Waals surface area contributed by atoms with Crippen molar-refractivity contribution in [3.8, 4) is 0 Å². The maximum Gasteiger partial charge on any atom is 0.0219 e. The summed E-state index contributed by atoms with van der Waals surface area (Å²) in [4.78, 5) is 2.50. The monoisotopic (exact) mass is 168 g/mol. The zero-order chi connectivity index (χ0) is 8.97. The van der Waals surface area contributed by atoms with Gasteiger partial charge < -0.3 is 5.73 Å². The molecule has 70 valence electrons. The van der Waals surface area contributed by atoms with Crippen LogP contribution in [-0.2, 0) is 0 Å². The van der Waals surface area contributed by atoms with E-state index in [-0.39, 0.29) is 0 Å². The van der Waals surface area contributed by atoms with Gasteiger partial charge in [-0.3, -0.25) is 4.90 Å². The average molecular weight is 168 g/mol. The van der Waals surface area contributed by atoms with Crippen molar-refractivity contribution in [1.29, 1.82) is 0 Å². The highest BCUT2D eigenvalue weighted by Gasteiger charge is 2.16. The maximum atomic E-state index is 5.70. The second-order valence-corrected chi connectivity index (χ2v) is 3.61. The Morgan fingerprint density at radius 2 is 2.42 bits per heavy atom. The van der Waals surface area contributed by atoms with Crippen molar-refractivity contribution in [2.75, 3.05) is 19.6 Å². The fourth-order valence-electron chi connectivity index (χ4n) is 1.83. The summed E-state index contributed by atoms with van der Waals surface area (Å²) >= 11 is 0. The van der Waals surface area contributed by atoms with Crippen molar-refractivity contribution < 1.29 is 0 Å². The molecule has 0 fully saturated rings. The van der Waals surface area contributed by atoms with Crippen LogP contribution in [0.15, 0.2) is 11.6 Å². The zero-order valence-electron chi connectivity index (χ0n) is 8.21. The Bertz CT molecular complexity index is 159. The van der Waals surface area contributed by atoms with Crippen LogP contribution in [0.3, 0.4) is 0 Å². The molecule has 0 saturated carbocycles. The molecule has 1 rings (SSSR count). The Labute approximate surface area is 75.4 Å².